The Labute approximate surface area is 143 Å². The lowest BCUT2D eigenvalue weighted by molar-refractivity contribution is 0.101. The van der Waals surface area contributed by atoms with Crippen molar-refractivity contribution < 1.29 is 9.21 Å². The molecule has 0 unspecified atom stereocenters. The average molecular weight is 343 g/mol. The molecule has 124 valence electrons. The van der Waals surface area contributed by atoms with Gasteiger partial charge in [-0.3, -0.25) is 14.8 Å². The molecule has 2 aromatic heterocycles. The second-order valence-corrected chi connectivity index (χ2v) is 6.09. The van der Waals surface area contributed by atoms with Crippen LogP contribution in [-0.2, 0) is 13.0 Å². The maximum absolute atomic E-state index is 12.0. The zero-order valence-electron chi connectivity index (χ0n) is 13.2. The van der Waals surface area contributed by atoms with Crippen molar-refractivity contribution in [2.75, 3.05) is 11.1 Å². The third-order valence-electron chi connectivity index (χ3n) is 3.21. The summed E-state index contributed by atoms with van der Waals surface area (Å²) in [5, 5.41) is 14.5. The predicted molar refractivity (Wildman–Crippen MR) is 91.0 cm³/mol. The molecule has 0 radical (unpaired) electrons. The van der Waals surface area contributed by atoms with Gasteiger partial charge in [0.1, 0.15) is 0 Å². The van der Waals surface area contributed by atoms with Gasteiger partial charge in [-0.2, -0.15) is 5.10 Å². The van der Waals surface area contributed by atoms with E-state index >= 15 is 0 Å². The molecule has 1 N–H and O–H groups in total. The van der Waals surface area contributed by atoms with Crippen molar-refractivity contribution >= 4 is 23.7 Å². The van der Waals surface area contributed by atoms with Crippen LogP contribution in [0.15, 0.2) is 51.9 Å². The highest BCUT2D eigenvalue weighted by atomic mass is 32.2. The van der Waals surface area contributed by atoms with Gasteiger partial charge in [0.05, 0.1) is 0 Å². The van der Waals surface area contributed by atoms with Crippen molar-refractivity contribution in [3.63, 3.8) is 0 Å². The van der Waals surface area contributed by atoms with Gasteiger partial charge in [0.15, 0.2) is 5.69 Å². The van der Waals surface area contributed by atoms with Crippen molar-refractivity contribution in [1.29, 1.82) is 0 Å². The largest absolute Gasteiger partial charge is 0.408 e. The van der Waals surface area contributed by atoms with Gasteiger partial charge in [0.25, 0.3) is 5.91 Å². The Balaban J connectivity index is 1.50. The number of benzene rings is 1. The molecule has 3 rings (SSSR count). The molecule has 0 aliphatic rings. The minimum absolute atomic E-state index is 0.0887. The summed E-state index contributed by atoms with van der Waals surface area (Å²) in [7, 11) is 0. The molecule has 8 heteroatoms. The highest BCUT2D eigenvalue weighted by molar-refractivity contribution is 7.99. The van der Waals surface area contributed by atoms with Crippen molar-refractivity contribution in [2.45, 2.75) is 24.8 Å². The van der Waals surface area contributed by atoms with Gasteiger partial charge >= 0.3 is 6.01 Å². The van der Waals surface area contributed by atoms with Crippen LogP contribution in [0.4, 0.5) is 6.01 Å². The van der Waals surface area contributed by atoms with Crippen molar-refractivity contribution in [3.8, 4) is 0 Å². The lowest BCUT2D eigenvalue weighted by Crippen LogP contribution is -2.13. The Morgan fingerprint density at radius 2 is 2.08 bits per heavy atom. The number of rotatable bonds is 7. The minimum atomic E-state index is -0.365. The third kappa shape index (κ3) is 4.23. The molecular formula is C16H17N5O2S. The van der Waals surface area contributed by atoms with Crippen LogP contribution < -0.4 is 5.32 Å². The Morgan fingerprint density at radius 1 is 1.25 bits per heavy atom. The molecule has 0 aliphatic carbocycles. The van der Waals surface area contributed by atoms with Crippen LogP contribution in [0.25, 0.3) is 0 Å². The first-order valence-electron chi connectivity index (χ1n) is 7.59. The van der Waals surface area contributed by atoms with E-state index in [9.17, 15) is 4.79 Å². The third-order valence-corrected chi connectivity index (χ3v) is 4.23. The number of carbonyl (C=O) groups is 1. The molecule has 0 spiro atoms. The summed E-state index contributed by atoms with van der Waals surface area (Å²) in [6.45, 7) is 2.66. The summed E-state index contributed by atoms with van der Waals surface area (Å²) in [5.74, 6) is 0.949. The molecular weight excluding hydrogens is 326 g/mol. The highest BCUT2D eigenvalue weighted by Crippen LogP contribution is 2.18. The number of thioether (sulfide) groups is 1. The Morgan fingerprint density at radius 3 is 2.83 bits per heavy atom. The van der Waals surface area contributed by atoms with Crippen molar-refractivity contribution in [2.24, 2.45) is 0 Å². The lowest BCUT2D eigenvalue weighted by Gasteiger charge is -1.98. The van der Waals surface area contributed by atoms with Gasteiger partial charge in [-0.05, 0) is 25.1 Å². The predicted octanol–water partition coefficient (Wildman–Crippen LogP) is 2.87. The number of anilines is 1. The van der Waals surface area contributed by atoms with E-state index in [0.717, 1.165) is 5.75 Å². The van der Waals surface area contributed by atoms with Crippen molar-refractivity contribution in [3.05, 3.63) is 54.2 Å². The maximum Gasteiger partial charge on any atom is 0.322 e. The topological polar surface area (TPSA) is 85.8 Å². The number of amides is 1. The summed E-state index contributed by atoms with van der Waals surface area (Å²) in [5.41, 5.74) is 0.316. The number of nitrogens with zero attached hydrogens (tertiary/aromatic N) is 4. The number of aryl methyl sites for hydroxylation is 2. The summed E-state index contributed by atoms with van der Waals surface area (Å²) in [6, 6.07) is 11.8. The first-order chi connectivity index (χ1) is 11.7. The van der Waals surface area contributed by atoms with E-state index in [0.29, 0.717) is 24.6 Å². The fraction of sp³-hybridized carbons (Fsp3) is 0.250. The minimum Gasteiger partial charge on any atom is -0.408 e. The fourth-order valence-corrected chi connectivity index (χ4v) is 2.86. The Hall–Kier alpha value is -2.61. The van der Waals surface area contributed by atoms with E-state index in [4.69, 9.17) is 4.42 Å². The van der Waals surface area contributed by atoms with E-state index in [1.165, 1.54) is 4.90 Å². The first kappa shape index (κ1) is 16.3. The normalized spacial score (nSPS) is 10.7. The van der Waals surface area contributed by atoms with Crippen LogP contribution in [0, 0.1) is 0 Å². The number of hydrogen-bond acceptors (Lipinski definition) is 6. The Kier molecular flexibility index (Phi) is 5.27. The van der Waals surface area contributed by atoms with Crippen LogP contribution in [-0.4, -0.2) is 31.6 Å². The van der Waals surface area contributed by atoms with Gasteiger partial charge in [0, 0.05) is 29.8 Å². The first-order valence-corrected chi connectivity index (χ1v) is 8.58. The number of carbonyl (C=O) groups excluding carboxylic acids is 1. The molecule has 0 fully saturated rings. The van der Waals surface area contributed by atoms with Crippen LogP contribution in [0.1, 0.15) is 23.3 Å². The van der Waals surface area contributed by atoms with Crippen molar-refractivity contribution in [1.82, 2.24) is 20.0 Å². The zero-order chi connectivity index (χ0) is 16.8. The molecule has 0 saturated carbocycles. The SMILES string of the molecule is CCn1ccc(C(=O)Nc2nnc(CCSc3ccccc3)o2)n1. The van der Waals surface area contributed by atoms with Gasteiger partial charge in [-0.15, -0.1) is 16.9 Å². The number of nitrogens with one attached hydrogen (secondary N) is 1. The van der Waals surface area contributed by atoms with Crippen LogP contribution in [0.3, 0.4) is 0 Å². The van der Waals surface area contributed by atoms with E-state index in [-0.39, 0.29) is 11.9 Å². The van der Waals surface area contributed by atoms with E-state index in [2.05, 4.69) is 32.7 Å². The fourth-order valence-electron chi connectivity index (χ4n) is 2.00. The van der Waals surface area contributed by atoms with Crippen LogP contribution >= 0.6 is 11.8 Å². The molecule has 2 heterocycles. The van der Waals surface area contributed by atoms with Crippen LogP contribution in [0.2, 0.25) is 0 Å². The average Bonchev–Trinajstić information content (AvgIpc) is 3.25. The van der Waals surface area contributed by atoms with E-state index in [1.807, 2.05) is 25.1 Å². The second-order valence-electron chi connectivity index (χ2n) is 4.92. The van der Waals surface area contributed by atoms with E-state index in [1.54, 1.807) is 28.7 Å². The molecule has 0 saturated heterocycles. The number of hydrogen-bond donors (Lipinski definition) is 1. The van der Waals surface area contributed by atoms with E-state index < -0.39 is 0 Å². The summed E-state index contributed by atoms with van der Waals surface area (Å²) in [6.07, 6.45) is 2.38. The molecule has 1 amide bonds. The summed E-state index contributed by atoms with van der Waals surface area (Å²) < 4.78 is 7.12. The van der Waals surface area contributed by atoms with Gasteiger partial charge in [-0.1, -0.05) is 23.3 Å². The zero-order valence-corrected chi connectivity index (χ0v) is 14.0. The number of aromatic nitrogens is 4. The van der Waals surface area contributed by atoms with Gasteiger partial charge in [0.2, 0.25) is 5.89 Å². The van der Waals surface area contributed by atoms with Gasteiger partial charge in [-0.25, -0.2) is 0 Å². The Bertz CT molecular complexity index is 800. The highest BCUT2D eigenvalue weighted by Gasteiger charge is 2.13. The molecule has 3 aromatic rings. The monoisotopic (exact) mass is 343 g/mol. The molecule has 0 bridgehead atoms. The lowest BCUT2D eigenvalue weighted by atomic mass is 10.4. The quantitative estimate of drug-likeness (QED) is 0.664. The smallest absolute Gasteiger partial charge is 0.322 e. The second kappa shape index (κ2) is 7.78. The summed E-state index contributed by atoms with van der Waals surface area (Å²) >= 11 is 1.71. The van der Waals surface area contributed by atoms with Crippen LogP contribution in [0.5, 0.6) is 0 Å². The standard InChI is InChI=1S/C16H17N5O2S/c1-2-21-10-8-13(20-21)15(22)17-16-19-18-14(23-16)9-11-24-12-6-4-3-5-7-12/h3-8,10H,2,9,11H2,1H3,(H,17,19,22). The molecule has 24 heavy (non-hydrogen) atoms. The maximum atomic E-state index is 12.0. The van der Waals surface area contributed by atoms with Gasteiger partial charge < -0.3 is 4.42 Å². The molecule has 0 atom stereocenters. The molecule has 0 aliphatic heterocycles. The molecule has 1 aromatic carbocycles. The summed E-state index contributed by atoms with van der Waals surface area (Å²) in [4.78, 5) is 13.2. The molecule has 7 nitrogen and oxygen atoms in total.